The van der Waals surface area contributed by atoms with Crippen molar-refractivity contribution in [1.82, 2.24) is 0 Å². The van der Waals surface area contributed by atoms with E-state index < -0.39 is 5.09 Å². The number of rotatable bonds is 0. The molecule has 0 spiro atoms. The molecule has 2 N–H and O–H groups in total. The Morgan fingerprint density at radius 3 is 1.14 bits per heavy atom. The Morgan fingerprint density at radius 1 is 1.14 bits per heavy atom. The number of hydrogen-bond acceptors (Lipinski definition) is 1. The summed E-state index contributed by atoms with van der Waals surface area (Å²) in [4.78, 5) is 8.47. The van der Waals surface area contributed by atoms with E-state index in [1.807, 2.05) is 0 Å². The van der Waals surface area contributed by atoms with E-state index in [0.29, 0.717) is 0 Å². The molecule has 0 saturated heterocycles. The van der Waals surface area contributed by atoms with Gasteiger partial charge in [0, 0.05) is 0 Å². The summed E-state index contributed by atoms with van der Waals surface area (Å²) in [5.74, 6) is 0. The van der Waals surface area contributed by atoms with Gasteiger partial charge in [-0.1, -0.05) is 0 Å². The summed E-state index contributed by atoms with van der Waals surface area (Å²) in [7, 11) is 0. The minimum Gasteiger partial charge on any atom is -1.00 e. The molecule has 0 amide bonds. The second kappa shape index (κ2) is 16.6. The van der Waals surface area contributed by atoms with Crippen LogP contribution in [0.4, 0.5) is 0 Å². The molecule has 0 aromatic rings. The Hall–Kier alpha value is 4.11. The van der Waals surface area contributed by atoms with Crippen molar-refractivity contribution in [3.63, 3.8) is 0 Å². The Labute approximate surface area is 173 Å². The average molecular weight is 184 g/mol. The van der Waals surface area contributed by atoms with Gasteiger partial charge in [-0.3, -0.25) is 0 Å². The van der Waals surface area contributed by atoms with Gasteiger partial charge in [0.2, 0.25) is 0 Å². The van der Waals surface area contributed by atoms with Crippen LogP contribution in [0.1, 0.15) is 4.28 Å². The van der Waals surface area contributed by atoms with E-state index in [1.54, 1.807) is 0 Å². The molecule has 0 heterocycles. The minimum absolute atomic E-state index is 0. The first-order valence-corrected chi connectivity index (χ1v) is 0.583. The molecule has 0 aliphatic heterocycles. The van der Waals surface area contributed by atoms with Gasteiger partial charge >= 0.3 is 159 Å². The third-order valence-corrected chi connectivity index (χ3v) is 0. The molecular weight excluding hydrogens is 179 g/mol. The van der Waals surface area contributed by atoms with Gasteiger partial charge in [0.15, 0.2) is 0 Å². The van der Waals surface area contributed by atoms with Gasteiger partial charge in [-0.25, -0.2) is 10.4 Å². The van der Waals surface area contributed by atoms with Crippen molar-refractivity contribution in [2.75, 3.05) is 0 Å². The van der Waals surface area contributed by atoms with Gasteiger partial charge in [-0.05, 0) is 0 Å². The van der Waals surface area contributed by atoms with Gasteiger partial charge < -0.3 is 4.28 Å². The molecule has 0 fully saturated rings. The van der Waals surface area contributed by atoms with Gasteiger partial charge in [0.25, 0.3) is 0 Å². The van der Waals surface area contributed by atoms with Crippen LogP contribution in [0.15, 0.2) is 0 Å². The maximum Gasteiger partial charge on any atom is 1.00 e. The second-order valence-corrected chi connectivity index (χ2v) is 0.253. The van der Waals surface area contributed by atoms with E-state index in [4.69, 9.17) is 15.3 Å². The topological polar surface area (TPSA) is 60.5 Å². The zero-order valence-corrected chi connectivity index (χ0v) is 14.1. The Balaban J connectivity index is -0.00000000300. The van der Waals surface area contributed by atoms with Crippen LogP contribution in [0.3, 0.4) is 0 Å². The van der Waals surface area contributed by atoms with Gasteiger partial charge in [-0.15, -0.1) is 0 Å². The van der Waals surface area contributed by atoms with E-state index in [-0.39, 0.29) is 158 Å². The molecule has 0 atom stereocenters. The molecule has 30 valence electrons. The minimum atomic E-state index is -1.25. The van der Waals surface area contributed by atoms with Crippen molar-refractivity contribution in [3.05, 3.63) is 4.91 Å². The van der Waals surface area contributed by atoms with Crippen LogP contribution in [0.2, 0.25) is 0 Å². The third kappa shape index (κ3) is 39.4. The maximum absolute atomic E-state index is 8.47. The number of hydrogen-bond donors (Lipinski definition) is 2. The van der Waals surface area contributed by atoms with Crippen molar-refractivity contribution in [2.24, 2.45) is 0 Å². The summed E-state index contributed by atoms with van der Waals surface area (Å²) in [6.45, 7) is 0. The molecule has 0 aliphatic carbocycles. The SMILES string of the molecule is O=[N+](O)O.[H-].[H-].[H-].[K+].[K+].[K+]. The molecule has 4 nitrogen and oxygen atoms in total. The van der Waals surface area contributed by atoms with Crippen LogP contribution in [-0.4, -0.2) is 15.5 Å². The molecule has 0 saturated carbocycles. The Morgan fingerprint density at radius 2 is 1.14 bits per heavy atom. The van der Waals surface area contributed by atoms with Crippen molar-refractivity contribution in [1.29, 1.82) is 0 Å². The molecule has 0 aromatic heterocycles. The third-order valence-electron chi connectivity index (χ3n) is 0. The average Bonchev–Trinajstić information content (AvgIpc) is 0.811. The summed E-state index contributed by atoms with van der Waals surface area (Å²) < 4.78 is 0. The van der Waals surface area contributed by atoms with Gasteiger partial charge in [-0.2, -0.15) is 0 Å². The van der Waals surface area contributed by atoms with Crippen LogP contribution in [0.25, 0.3) is 0 Å². The first-order chi connectivity index (χ1) is 1.73. The molecule has 0 radical (unpaired) electrons. The summed E-state index contributed by atoms with van der Waals surface area (Å²) in [5, 5.41) is 12.5. The summed E-state index contributed by atoms with van der Waals surface area (Å²) in [6.07, 6.45) is 0. The molecule has 0 bridgehead atoms. The van der Waals surface area contributed by atoms with Gasteiger partial charge in [0.1, 0.15) is 4.91 Å². The predicted octanol–water partition coefficient (Wildman–Crippen LogP) is -9.11. The fraction of sp³-hybridized carbons (Fsp3) is 0. The molecule has 7 heteroatoms. The monoisotopic (exact) mass is 184 g/mol. The molecular formula is H5K3NO3+. The van der Waals surface area contributed by atoms with Crippen LogP contribution in [-0.2, 0) is 0 Å². The van der Waals surface area contributed by atoms with Crippen LogP contribution >= 0.6 is 0 Å². The molecule has 0 aliphatic rings. The quantitative estimate of drug-likeness (QED) is 0.290. The van der Waals surface area contributed by atoms with Crippen molar-refractivity contribution in [3.8, 4) is 0 Å². The summed E-state index contributed by atoms with van der Waals surface area (Å²) in [6, 6.07) is 0. The fourth-order valence-electron chi connectivity index (χ4n) is 0. The standard InChI is InChI=1S/3K.H2NO3.3H/c;;;2-1(3)4;;;/h;;;(H2,2,3,4);;;/q4*+1;3*-1. The van der Waals surface area contributed by atoms with Crippen LogP contribution < -0.4 is 154 Å². The van der Waals surface area contributed by atoms with Crippen molar-refractivity contribution < 1.29 is 174 Å². The van der Waals surface area contributed by atoms with E-state index in [9.17, 15) is 0 Å². The first kappa shape index (κ1) is 22.5. The summed E-state index contributed by atoms with van der Waals surface area (Å²) >= 11 is 0. The molecule has 0 aromatic carbocycles. The molecule has 0 rings (SSSR count). The van der Waals surface area contributed by atoms with Gasteiger partial charge in [0.05, 0.1) is 0 Å². The van der Waals surface area contributed by atoms with E-state index in [0.717, 1.165) is 0 Å². The van der Waals surface area contributed by atoms with Crippen LogP contribution in [0.5, 0.6) is 0 Å². The normalized spacial score (nSPS) is 3.43. The second-order valence-electron chi connectivity index (χ2n) is 0.253. The van der Waals surface area contributed by atoms with E-state index >= 15 is 0 Å². The Kier molecular flexibility index (Phi) is 53.3. The molecule has 0 unspecified atom stereocenters. The maximum atomic E-state index is 8.47. The van der Waals surface area contributed by atoms with E-state index in [1.165, 1.54) is 0 Å². The summed E-state index contributed by atoms with van der Waals surface area (Å²) in [5.41, 5.74) is 0. The smallest absolute Gasteiger partial charge is 1.00 e. The van der Waals surface area contributed by atoms with Crippen molar-refractivity contribution in [2.45, 2.75) is 0 Å². The van der Waals surface area contributed by atoms with Crippen LogP contribution in [0, 0.1) is 4.91 Å². The fourth-order valence-corrected chi connectivity index (χ4v) is 0. The first-order valence-electron chi connectivity index (χ1n) is 0.583. The zero-order chi connectivity index (χ0) is 3.58. The molecule has 7 heavy (non-hydrogen) atoms. The predicted molar refractivity (Wildman–Crippen MR) is 10.5 cm³/mol. The zero-order valence-electron chi connectivity index (χ0n) is 7.75. The van der Waals surface area contributed by atoms with Crippen molar-refractivity contribution >= 4 is 0 Å². The largest absolute Gasteiger partial charge is 1.00 e. The Bertz CT molecular complexity index is 42.0. The van der Waals surface area contributed by atoms with E-state index in [2.05, 4.69) is 0 Å². The number of nitrogens with zero attached hydrogens (tertiary/aromatic N) is 1.